The zero-order valence-electron chi connectivity index (χ0n) is 10.1. The van der Waals surface area contributed by atoms with Gasteiger partial charge in [-0.2, -0.15) is 0 Å². The molecule has 0 aromatic carbocycles. The quantitative estimate of drug-likeness (QED) is 0.670. The van der Waals surface area contributed by atoms with Crippen molar-refractivity contribution in [2.24, 2.45) is 11.8 Å². The summed E-state index contributed by atoms with van der Waals surface area (Å²) in [7, 11) is 0. The minimum absolute atomic E-state index is 0.152. The molecule has 4 heteroatoms. The number of hydrogen-bond donors (Lipinski definition) is 2. The zero-order valence-corrected chi connectivity index (χ0v) is 10.1. The Morgan fingerprint density at radius 2 is 2.12 bits per heavy atom. The van der Waals surface area contributed by atoms with Crippen molar-refractivity contribution in [3.63, 3.8) is 0 Å². The van der Waals surface area contributed by atoms with Crippen LogP contribution in [-0.4, -0.2) is 35.0 Å². The van der Waals surface area contributed by atoms with Gasteiger partial charge in [-0.15, -0.1) is 0 Å². The zero-order chi connectivity index (χ0) is 12.1. The number of hydrogen-bond acceptors (Lipinski definition) is 4. The van der Waals surface area contributed by atoms with Crippen LogP contribution in [0.3, 0.4) is 0 Å². The second-order valence-electron chi connectivity index (χ2n) is 4.98. The second kappa shape index (κ2) is 6.21. The molecule has 0 saturated carbocycles. The predicted molar refractivity (Wildman–Crippen MR) is 59.8 cm³/mol. The average molecular weight is 230 g/mol. The van der Waals surface area contributed by atoms with Gasteiger partial charge in [0.1, 0.15) is 6.10 Å². The number of rotatable bonds is 6. The van der Waals surface area contributed by atoms with Crippen molar-refractivity contribution in [2.45, 2.75) is 51.7 Å². The van der Waals surface area contributed by atoms with Crippen LogP contribution in [0, 0.1) is 11.8 Å². The van der Waals surface area contributed by atoms with Gasteiger partial charge < -0.3 is 14.9 Å². The van der Waals surface area contributed by atoms with Gasteiger partial charge in [0, 0.05) is 6.42 Å². The normalized spacial score (nSPS) is 27.2. The predicted octanol–water partition coefficient (Wildman–Crippen LogP) is 1.10. The molecule has 0 bridgehead atoms. The number of aliphatic hydroxyl groups is 2. The van der Waals surface area contributed by atoms with Crippen molar-refractivity contribution in [3.8, 4) is 0 Å². The molecule has 1 saturated heterocycles. The van der Waals surface area contributed by atoms with Gasteiger partial charge in [0.15, 0.2) is 0 Å². The van der Waals surface area contributed by atoms with Crippen LogP contribution in [0.5, 0.6) is 0 Å². The van der Waals surface area contributed by atoms with Crippen LogP contribution < -0.4 is 0 Å². The Balaban J connectivity index is 2.31. The molecule has 4 nitrogen and oxygen atoms in total. The fourth-order valence-electron chi connectivity index (χ4n) is 2.04. The van der Waals surface area contributed by atoms with E-state index in [1.54, 1.807) is 0 Å². The van der Waals surface area contributed by atoms with E-state index in [1.165, 1.54) is 0 Å². The van der Waals surface area contributed by atoms with Crippen LogP contribution in [0.2, 0.25) is 0 Å². The summed E-state index contributed by atoms with van der Waals surface area (Å²) >= 11 is 0. The molecule has 0 amide bonds. The van der Waals surface area contributed by atoms with E-state index in [2.05, 4.69) is 13.8 Å². The molecule has 16 heavy (non-hydrogen) atoms. The van der Waals surface area contributed by atoms with Gasteiger partial charge in [-0.25, -0.2) is 0 Å². The topological polar surface area (TPSA) is 66.8 Å². The van der Waals surface area contributed by atoms with Crippen molar-refractivity contribution in [1.82, 2.24) is 0 Å². The van der Waals surface area contributed by atoms with Crippen molar-refractivity contribution in [3.05, 3.63) is 0 Å². The minimum atomic E-state index is -0.622. The smallest absolute Gasteiger partial charge is 0.312 e. The Labute approximate surface area is 96.6 Å². The standard InChI is InChI=1S/C12H22O4/c1-8(2)4-3-5-11(14)10-6-9(7-13)16-12(10)15/h8-11,13-14H,3-7H2,1-2H3/t9-,10-,11-/m0/s1. The number of carbonyl (C=O) groups excluding carboxylic acids is 1. The van der Waals surface area contributed by atoms with Crippen LogP contribution in [0.1, 0.15) is 39.5 Å². The maximum Gasteiger partial charge on any atom is 0.312 e. The molecule has 0 aliphatic carbocycles. The third-order valence-electron chi connectivity index (χ3n) is 3.05. The highest BCUT2D eigenvalue weighted by Crippen LogP contribution is 2.26. The number of cyclic esters (lactones) is 1. The third-order valence-corrected chi connectivity index (χ3v) is 3.05. The molecule has 1 fully saturated rings. The first kappa shape index (κ1) is 13.5. The molecular formula is C12H22O4. The minimum Gasteiger partial charge on any atom is -0.460 e. The molecule has 2 N–H and O–H groups in total. The summed E-state index contributed by atoms with van der Waals surface area (Å²) in [5.41, 5.74) is 0. The highest BCUT2D eigenvalue weighted by atomic mass is 16.6. The largest absolute Gasteiger partial charge is 0.460 e. The summed E-state index contributed by atoms with van der Waals surface area (Å²) < 4.78 is 4.92. The number of ether oxygens (including phenoxy) is 1. The summed E-state index contributed by atoms with van der Waals surface area (Å²) in [6.45, 7) is 4.12. The molecule has 1 heterocycles. The van der Waals surface area contributed by atoms with Gasteiger partial charge in [-0.05, 0) is 12.3 Å². The van der Waals surface area contributed by atoms with Crippen molar-refractivity contribution in [1.29, 1.82) is 0 Å². The lowest BCUT2D eigenvalue weighted by molar-refractivity contribution is -0.147. The first-order valence-electron chi connectivity index (χ1n) is 6.04. The van der Waals surface area contributed by atoms with E-state index in [1.807, 2.05) is 0 Å². The average Bonchev–Trinajstić information content (AvgIpc) is 2.59. The molecule has 0 unspecified atom stereocenters. The Kier molecular flexibility index (Phi) is 5.22. The fraction of sp³-hybridized carbons (Fsp3) is 0.917. The molecule has 0 spiro atoms. The molecule has 0 radical (unpaired) electrons. The molecule has 1 aliphatic heterocycles. The van der Waals surface area contributed by atoms with E-state index < -0.39 is 18.1 Å². The summed E-state index contributed by atoms with van der Waals surface area (Å²) in [4.78, 5) is 11.4. The van der Waals surface area contributed by atoms with Crippen LogP contribution in [0.15, 0.2) is 0 Å². The van der Waals surface area contributed by atoms with E-state index in [-0.39, 0.29) is 12.6 Å². The van der Waals surface area contributed by atoms with E-state index in [0.717, 1.165) is 12.8 Å². The van der Waals surface area contributed by atoms with Gasteiger partial charge in [0.25, 0.3) is 0 Å². The molecule has 94 valence electrons. The van der Waals surface area contributed by atoms with E-state index in [4.69, 9.17) is 9.84 Å². The molecule has 1 rings (SSSR count). The van der Waals surface area contributed by atoms with E-state index >= 15 is 0 Å². The highest BCUT2D eigenvalue weighted by molar-refractivity contribution is 5.75. The highest BCUT2D eigenvalue weighted by Gasteiger charge is 2.38. The summed E-state index contributed by atoms with van der Waals surface area (Å²) in [6.07, 6.45) is 2.02. The molecule has 1 aliphatic rings. The number of esters is 1. The van der Waals surface area contributed by atoms with Gasteiger partial charge in [0.05, 0.1) is 18.6 Å². The summed E-state index contributed by atoms with van der Waals surface area (Å²) in [5.74, 6) is -0.187. The molecule has 0 aromatic rings. The van der Waals surface area contributed by atoms with Crippen LogP contribution in [-0.2, 0) is 9.53 Å². The Hall–Kier alpha value is -0.610. The third kappa shape index (κ3) is 3.76. The maximum absolute atomic E-state index is 11.4. The second-order valence-corrected chi connectivity index (χ2v) is 4.98. The number of aliphatic hydroxyl groups excluding tert-OH is 2. The molecule has 0 aromatic heterocycles. The molecule has 3 atom stereocenters. The van der Waals surface area contributed by atoms with Gasteiger partial charge in [-0.3, -0.25) is 4.79 Å². The maximum atomic E-state index is 11.4. The Morgan fingerprint density at radius 1 is 1.44 bits per heavy atom. The lowest BCUT2D eigenvalue weighted by atomic mass is 9.93. The van der Waals surface area contributed by atoms with E-state index in [0.29, 0.717) is 18.8 Å². The lowest BCUT2D eigenvalue weighted by Gasteiger charge is -2.14. The van der Waals surface area contributed by atoms with E-state index in [9.17, 15) is 9.90 Å². The first-order chi connectivity index (χ1) is 7.54. The van der Waals surface area contributed by atoms with Gasteiger partial charge in [0.2, 0.25) is 0 Å². The summed E-state index contributed by atoms with van der Waals surface area (Å²) in [5, 5.41) is 18.7. The Morgan fingerprint density at radius 3 is 2.62 bits per heavy atom. The lowest BCUT2D eigenvalue weighted by Crippen LogP contribution is -2.24. The summed E-state index contributed by atoms with van der Waals surface area (Å²) in [6, 6.07) is 0. The monoisotopic (exact) mass is 230 g/mol. The SMILES string of the molecule is CC(C)CCC[C@H](O)[C@@H]1C[C@@H](CO)OC1=O. The van der Waals surface area contributed by atoms with Gasteiger partial charge >= 0.3 is 5.97 Å². The van der Waals surface area contributed by atoms with Crippen LogP contribution in [0.25, 0.3) is 0 Å². The fourth-order valence-corrected chi connectivity index (χ4v) is 2.04. The van der Waals surface area contributed by atoms with Crippen LogP contribution in [0.4, 0.5) is 0 Å². The molecular weight excluding hydrogens is 208 g/mol. The van der Waals surface area contributed by atoms with Gasteiger partial charge in [-0.1, -0.05) is 26.7 Å². The van der Waals surface area contributed by atoms with Crippen molar-refractivity contribution in [2.75, 3.05) is 6.61 Å². The Bertz CT molecular complexity index is 227. The van der Waals surface area contributed by atoms with Crippen molar-refractivity contribution >= 4 is 5.97 Å². The van der Waals surface area contributed by atoms with Crippen molar-refractivity contribution < 1.29 is 19.7 Å². The van der Waals surface area contributed by atoms with Crippen LogP contribution >= 0.6 is 0 Å². The number of carbonyl (C=O) groups is 1. The first-order valence-corrected chi connectivity index (χ1v) is 6.04.